The zero-order chi connectivity index (χ0) is 9.52. The van der Waals surface area contributed by atoms with Crippen LogP contribution in [0, 0.1) is 0 Å². The van der Waals surface area contributed by atoms with Gasteiger partial charge in [0.2, 0.25) is 0 Å². The fourth-order valence-electron chi connectivity index (χ4n) is 1.52. The molecule has 2 nitrogen and oxygen atoms in total. The molecule has 0 radical (unpaired) electrons. The van der Waals surface area contributed by atoms with Gasteiger partial charge in [-0.15, -0.1) is 0 Å². The largest absolute Gasteiger partial charge is 0.309 e. The Kier molecular flexibility index (Phi) is 4.47. The third-order valence-electron chi connectivity index (χ3n) is 2.31. The first kappa shape index (κ1) is 10.2. The molecule has 2 heteroatoms. The molecule has 1 aliphatic rings. The van der Waals surface area contributed by atoms with Gasteiger partial charge >= 0.3 is 0 Å². The number of allylic oxidation sites excluding steroid dienone is 2. The molecular formula is C11H18N2. The van der Waals surface area contributed by atoms with E-state index in [9.17, 15) is 0 Å². The van der Waals surface area contributed by atoms with E-state index in [1.807, 2.05) is 6.08 Å². The number of hydrogen-bond donors (Lipinski definition) is 1. The van der Waals surface area contributed by atoms with Crippen LogP contribution in [0.25, 0.3) is 0 Å². The normalized spacial score (nSPS) is 25.0. The lowest BCUT2D eigenvalue weighted by molar-refractivity contribution is 0.470. The minimum atomic E-state index is 0.489. The summed E-state index contributed by atoms with van der Waals surface area (Å²) in [6.07, 6.45) is 9.23. The number of hydrogen-bond acceptors (Lipinski definition) is 2. The monoisotopic (exact) mass is 178 g/mol. The SMILES string of the molecule is C=C/C=C\N=C(C)C1CCCCN1. The Morgan fingerprint density at radius 2 is 2.38 bits per heavy atom. The van der Waals surface area contributed by atoms with Crippen molar-refractivity contribution < 1.29 is 0 Å². The maximum atomic E-state index is 4.34. The van der Waals surface area contributed by atoms with E-state index < -0.39 is 0 Å². The standard InChI is InChI=1S/C11H18N2/c1-3-4-8-12-10(2)11-7-5-6-9-13-11/h3-4,8,11,13H,1,5-7,9H2,2H3/b8-4-,12-10?. The van der Waals surface area contributed by atoms with Crippen LogP contribution in [0.2, 0.25) is 0 Å². The van der Waals surface area contributed by atoms with Crippen LogP contribution in [0.3, 0.4) is 0 Å². The second kappa shape index (κ2) is 5.70. The number of aliphatic imine (C=N–C) groups is 1. The van der Waals surface area contributed by atoms with Gasteiger partial charge in [0, 0.05) is 18.0 Å². The first-order chi connectivity index (χ1) is 6.34. The van der Waals surface area contributed by atoms with Gasteiger partial charge in [0.15, 0.2) is 0 Å². The Labute approximate surface area is 80.4 Å². The van der Waals surface area contributed by atoms with Gasteiger partial charge in [-0.2, -0.15) is 0 Å². The molecule has 0 bridgehead atoms. The van der Waals surface area contributed by atoms with Gasteiger partial charge in [0.25, 0.3) is 0 Å². The molecule has 1 heterocycles. The molecule has 0 aromatic heterocycles. The summed E-state index contributed by atoms with van der Waals surface area (Å²) in [6, 6.07) is 0.489. The fourth-order valence-corrected chi connectivity index (χ4v) is 1.52. The summed E-state index contributed by atoms with van der Waals surface area (Å²) in [5.41, 5.74) is 1.18. The molecule has 0 spiro atoms. The summed E-state index contributed by atoms with van der Waals surface area (Å²) in [5, 5.41) is 3.46. The molecule has 13 heavy (non-hydrogen) atoms. The minimum absolute atomic E-state index is 0.489. The molecule has 72 valence electrons. The molecule has 0 saturated carbocycles. The Balaban J connectivity index is 2.44. The second-order valence-corrected chi connectivity index (χ2v) is 3.35. The van der Waals surface area contributed by atoms with E-state index in [1.165, 1.54) is 25.0 Å². The number of nitrogens with zero attached hydrogens (tertiary/aromatic N) is 1. The van der Waals surface area contributed by atoms with Crippen molar-refractivity contribution in [2.24, 2.45) is 4.99 Å². The van der Waals surface area contributed by atoms with Crippen molar-refractivity contribution in [3.05, 3.63) is 24.9 Å². The van der Waals surface area contributed by atoms with Crippen molar-refractivity contribution >= 4 is 5.71 Å². The molecule has 1 fully saturated rings. The highest BCUT2D eigenvalue weighted by Gasteiger charge is 2.14. The lowest BCUT2D eigenvalue weighted by atomic mass is 10.0. The highest BCUT2D eigenvalue weighted by molar-refractivity contribution is 5.87. The molecule has 1 rings (SSSR count). The van der Waals surface area contributed by atoms with Gasteiger partial charge < -0.3 is 5.32 Å². The van der Waals surface area contributed by atoms with Crippen molar-refractivity contribution in [1.29, 1.82) is 0 Å². The third-order valence-corrected chi connectivity index (χ3v) is 2.31. The number of piperidine rings is 1. The third kappa shape index (κ3) is 3.55. The average molecular weight is 178 g/mol. The molecule has 1 N–H and O–H groups in total. The topological polar surface area (TPSA) is 24.4 Å². The van der Waals surface area contributed by atoms with E-state index >= 15 is 0 Å². The van der Waals surface area contributed by atoms with E-state index in [-0.39, 0.29) is 0 Å². The van der Waals surface area contributed by atoms with Gasteiger partial charge in [0.05, 0.1) is 0 Å². The molecule has 0 amide bonds. The van der Waals surface area contributed by atoms with Crippen molar-refractivity contribution in [1.82, 2.24) is 5.32 Å². The maximum Gasteiger partial charge on any atom is 0.0452 e. The molecule has 0 aromatic rings. The molecule has 1 aliphatic heterocycles. The molecule has 1 atom stereocenters. The van der Waals surface area contributed by atoms with E-state index in [0.29, 0.717) is 6.04 Å². The number of rotatable bonds is 3. The molecule has 1 unspecified atom stereocenters. The summed E-state index contributed by atoms with van der Waals surface area (Å²) < 4.78 is 0. The van der Waals surface area contributed by atoms with Crippen LogP contribution in [0.4, 0.5) is 0 Å². The quantitative estimate of drug-likeness (QED) is 0.520. The van der Waals surface area contributed by atoms with E-state index in [2.05, 4.69) is 23.8 Å². The number of nitrogens with one attached hydrogen (secondary N) is 1. The maximum absolute atomic E-state index is 4.34. The first-order valence-corrected chi connectivity index (χ1v) is 4.90. The van der Waals surface area contributed by atoms with Gasteiger partial charge in [-0.1, -0.05) is 19.1 Å². The highest BCUT2D eigenvalue weighted by Crippen LogP contribution is 2.08. The van der Waals surface area contributed by atoms with Crippen LogP contribution in [0.5, 0.6) is 0 Å². The zero-order valence-electron chi connectivity index (χ0n) is 8.29. The molecule has 0 aromatic carbocycles. The fraction of sp³-hybridized carbons (Fsp3) is 0.545. The van der Waals surface area contributed by atoms with Crippen molar-refractivity contribution in [3.8, 4) is 0 Å². The van der Waals surface area contributed by atoms with Gasteiger partial charge in [0.1, 0.15) is 0 Å². The predicted octanol–water partition coefficient (Wildman–Crippen LogP) is 2.29. The summed E-state index contributed by atoms with van der Waals surface area (Å²) in [6.45, 7) is 6.81. The van der Waals surface area contributed by atoms with Gasteiger partial charge in [-0.25, -0.2) is 0 Å². The second-order valence-electron chi connectivity index (χ2n) is 3.35. The summed E-state index contributed by atoms with van der Waals surface area (Å²) in [5.74, 6) is 0. The molecule has 1 saturated heterocycles. The molecular weight excluding hydrogens is 160 g/mol. The summed E-state index contributed by atoms with van der Waals surface area (Å²) >= 11 is 0. The van der Waals surface area contributed by atoms with Crippen molar-refractivity contribution in [3.63, 3.8) is 0 Å². The van der Waals surface area contributed by atoms with Crippen molar-refractivity contribution in [2.45, 2.75) is 32.2 Å². The first-order valence-electron chi connectivity index (χ1n) is 4.90. The lowest BCUT2D eigenvalue weighted by Crippen LogP contribution is -2.39. The average Bonchev–Trinajstić information content (AvgIpc) is 2.19. The molecule has 0 aliphatic carbocycles. The Morgan fingerprint density at radius 3 is 3.00 bits per heavy atom. The van der Waals surface area contributed by atoms with Crippen LogP contribution < -0.4 is 5.32 Å². The summed E-state index contributed by atoms with van der Waals surface area (Å²) in [7, 11) is 0. The zero-order valence-corrected chi connectivity index (χ0v) is 8.29. The van der Waals surface area contributed by atoms with E-state index in [0.717, 1.165) is 6.54 Å². The van der Waals surface area contributed by atoms with Crippen LogP contribution in [-0.4, -0.2) is 18.3 Å². The van der Waals surface area contributed by atoms with Gasteiger partial charge in [-0.05, 0) is 32.4 Å². The summed E-state index contributed by atoms with van der Waals surface area (Å²) in [4.78, 5) is 4.34. The Bertz CT molecular complexity index is 210. The predicted molar refractivity (Wildman–Crippen MR) is 58.1 cm³/mol. The van der Waals surface area contributed by atoms with Crippen LogP contribution in [0.1, 0.15) is 26.2 Å². The van der Waals surface area contributed by atoms with Crippen LogP contribution >= 0.6 is 0 Å². The minimum Gasteiger partial charge on any atom is -0.309 e. The lowest BCUT2D eigenvalue weighted by Gasteiger charge is -2.22. The van der Waals surface area contributed by atoms with Crippen LogP contribution in [0.15, 0.2) is 29.9 Å². The van der Waals surface area contributed by atoms with Crippen molar-refractivity contribution in [2.75, 3.05) is 6.54 Å². The van der Waals surface area contributed by atoms with Crippen LogP contribution in [-0.2, 0) is 0 Å². The van der Waals surface area contributed by atoms with Gasteiger partial charge in [-0.3, -0.25) is 4.99 Å². The van der Waals surface area contributed by atoms with E-state index in [4.69, 9.17) is 0 Å². The van der Waals surface area contributed by atoms with E-state index in [1.54, 1.807) is 12.3 Å². The Morgan fingerprint density at radius 1 is 1.54 bits per heavy atom. The smallest absolute Gasteiger partial charge is 0.0452 e. The highest BCUT2D eigenvalue weighted by atomic mass is 14.9. The Hall–Kier alpha value is -0.890.